The lowest BCUT2D eigenvalue weighted by Crippen LogP contribution is -2.02. The van der Waals surface area contributed by atoms with Crippen LogP contribution in [0.5, 0.6) is 5.75 Å². The molecule has 0 radical (unpaired) electrons. The highest BCUT2D eigenvalue weighted by molar-refractivity contribution is 8.93. The quantitative estimate of drug-likeness (QED) is 0.924. The number of benzene rings is 1. The van der Waals surface area contributed by atoms with E-state index < -0.39 is 5.97 Å². The van der Waals surface area contributed by atoms with Gasteiger partial charge in [0.2, 0.25) is 0 Å². The lowest BCUT2D eigenvalue weighted by atomic mass is 10.1. The first-order valence-electron chi connectivity index (χ1n) is 5.41. The summed E-state index contributed by atoms with van der Waals surface area (Å²) in [5, 5.41) is 11.8. The highest BCUT2D eigenvalue weighted by atomic mass is 79.9. The Morgan fingerprint density at radius 3 is 2.74 bits per heavy atom. The van der Waals surface area contributed by atoms with Gasteiger partial charge < -0.3 is 9.84 Å². The van der Waals surface area contributed by atoms with E-state index >= 15 is 0 Å². The van der Waals surface area contributed by atoms with E-state index in [1.54, 1.807) is 17.4 Å². The van der Waals surface area contributed by atoms with Crippen molar-refractivity contribution in [3.63, 3.8) is 0 Å². The Labute approximate surface area is 125 Å². The van der Waals surface area contributed by atoms with Crippen molar-refractivity contribution < 1.29 is 14.6 Å². The van der Waals surface area contributed by atoms with Gasteiger partial charge in [-0.2, -0.15) is 0 Å². The predicted molar refractivity (Wildman–Crippen MR) is 80.5 cm³/mol. The number of hydrogen-bond donors (Lipinski definition) is 1. The predicted octanol–water partition coefficient (Wildman–Crippen LogP) is 3.33. The third-order valence-electron chi connectivity index (χ3n) is 2.54. The summed E-state index contributed by atoms with van der Waals surface area (Å²) in [5.74, 6) is -0.284. The van der Waals surface area contributed by atoms with Gasteiger partial charge in [-0.15, -0.1) is 28.3 Å². The van der Waals surface area contributed by atoms with E-state index in [0.29, 0.717) is 11.3 Å². The molecule has 1 aromatic carbocycles. The van der Waals surface area contributed by atoms with Gasteiger partial charge in [0.05, 0.1) is 24.2 Å². The van der Waals surface area contributed by atoms with Crippen molar-refractivity contribution in [2.45, 2.75) is 13.3 Å². The maximum absolute atomic E-state index is 10.8. The van der Waals surface area contributed by atoms with Gasteiger partial charge >= 0.3 is 5.97 Å². The van der Waals surface area contributed by atoms with E-state index in [1.807, 2.05) is 24.4 Å². The lowest BCUT2D eigenvalue weighted by Gasteiger charge is -2.08. The second-order valence-electron chi connectivity index (χ2n) is 3.85. The van der Waals surface area contributed by atoms with Gasteiger partial charge in [-0.1, -0.05) is 0 Å². The molecule has 0 aliphatic rings. The zero-order valence-corrected chi connectivity index (χ0v) is 13.1. The fraction of sp³-hybridized carbons (Fsp3) is 0.231. The van der Waals surface area contributed by atoms with Crippen molar-refractivity contribution in [1.82, 2.24) is 4.98 Å². The Balaban J connectivity index is 0.00000180. The van der Waals surface area contributed by atoms with Gasteiger partial charge in [0, 0.05) is 16.5 Å². The molecule has 0 bridgehead atoms. The summed E-state index contributed by atoms with van der Waals surface area (Å²) < 4.78 is 5.16. The minimum atomic E-state index is -0.875. The maximum Gasteiger partial charge on any atom is 0.307 e. The molecule has 0 aliphatic carbocycles. The van der Waals surface area contributed by atoms with E-state index in [1.165, 1.54) is 7.11 Å². The van der Waals surface area contributed by atoms with Crippen LogP contribution in [0.25, 0.3) is 11.3 Å². The Kier molecular flexibility index (Phi) is 5.50. The molecule has 19 heavy (non-hydrogen) atoms. The lowest BCUT2D eigenvalue weighted by molar-refractivity contribution is -0.136. The summed E-state index contributed by atoms with van der Waals surface area (Å²) in [5.41, 5.74) is 2.44. The van der Waals surface area contributed by atoms with Gasteiger partial charge in [0.25, 0.3) is 0 Å². The maximum atomic E-state index is 10.8. The molecule has 0 saturated heterocycles. The van der Waals surface area contributed by atoms with Crippen LogP contribution < -0.4 is 4.74 Å². The number of thiazole rings is 1. The molecule has 2 aromatic rings. The molecular weight excluding hydrogens is 330 g/mol. The number of ether oxygens (including phenoxy) is 1. The van der Waals surface area contributed by atoms with Crippen molar-refractivity contribution in [1.29, 1.82) is 0 Å². The van der Waals surface area contributed by atoms with Crippen LogP contribution in [0.15, 0.2) is 23.6 Å². The molecule has 2 rings (SSSR count). The second-order valence-corrected chi connectivity index (χ2v) is 4.91. The molecule has 0 spiro atoms. The van der Waals surface area contributed by atoms with E-state index in [-0.39, 0.29) is 23.4 Å². The number of carboxylic acid groups (broad SMARTS) is 1. The highest BCUT2D eigenvalue weighted by Gasteiger charge is 2.10. The average Bonchev–Trinajstić information content (AvgIpc) is 2.75. The molecule has 0 fully saturated rings. The summed E-state index contributed by atoms with van der Waals surface area (Å²) in [6.07, 6.45) is -0.0554. The van der Waals surface area contributed by atoms with Gasteiger partial charge in [0.1, 0.15) is 5.75 Å². The Bertz CT molecular complexity index is 583. The van der Waals surface area contributed by atoms with Gasteiger partial charge in [-0.05, 0) is 25.1 Å². The van der Waals surface area contributed by atoms with E-state index in [2.05, 4.69) is 4.98 Å². The van der Waals surface area contributed by atoms with Crippen LogP contribution in [-0.2, 0) is 11.2 Å². The van der Waals surface area contributed by atoms with Crippen molar-refractivity contribution >= 4 is 34.3 Å². The molecule has 0 atom stereocenters. The summed E-state index contributed by atoms with van der Waals surface area (Å²) >= 11 is 1.57. The molecule has 0 aliphatic heterocycles. The normalized spacial score (nSPS) is 9.79. The number of hydrogen-bond acceptors (Lipinski definition) is 4. The van der Waals surface area contributed by atoms with Crippen LogP contribution in [-0.4, -0.2) is 23.2 Å². The molecule has 1 aromatic heterocycles. The average molecular weight is 344 g/mol. The minimum absolute atomic E-state index is 0. The van der Waals surface area contributed by atoms with E-state index in [4.69, 9.17) is 9.84 Å². The number of carbonyl (C=O) groups is 1. The smallest absolute Gasteiger partial charge is 0.307 e. The number of aryl methyl sites for hydroxylation is 1. The zero-order valence-electron chi connectivity index (χ0n) is 10.5. The SMILES string of the molecule is Br.COc1ccc(-c2csc(C)n2)cc1CC(=O)O. The van der Waals surface area contributed by atoms with Crippen LogP contribution in [0.2, 0.25) is 0 Å². The highest BCUT2D eigenvalue weighted by Crippen LogP contribution is 2.27. The van der Waals surface area contributed by atoms with Gasteiger partial charge in [-0.25, -0.2) is 4.98 Å². The van der Waals surface area contributed by atoms with E-state index in [9.17, 15) is 4.79 Å². The van der Waals surface area contributed by atoms with Gasteiger partial charge in [-0.3, -0.25) is 4.79 Å². The molecular formula is C13H14BrNO3S. The fourth-order valence-corrected chi connectivity index (χ4v) is 2.36. The first-order valence-corrected chi connectivity index (χ1v) is 6.29. The van der Waals surface area contributed by atoms with Crippen LogP contribution in [0.4, 0.5) is 0 Å². The number of rotatable bonds is 4. The van der Waals surface area contributed by atoms with Crippen molar-refractivity contribution in [2.24, 2.45) is 0 Å². The Morgan fingerprint density at radius 2 is 2.21 bits per heavy atom. The van der Waals surface area contributed by atoms with Crippen molar-refractivity contribution in [3.05, 3.63) is 34.2 Å². The summed E-state index contributed by atoms with van der Waals surface area (Å²) in [7, 11) is 1.54. The monoisotopic (exact) mass is 343 g/mol. The number of carboxylic acids is 1. The zero-order chi connectivity index (χ0) is 13.1. The number of halogens is 1. The van der Waals surface area contributed by atoms with Crippen molar-refractivity contribution in [2.75, 3.05) is 7.11 Å². The molecule has 0 amide bonds. The third-order valence-corrected chi connectivity index (χ3v) is 3.31. The second kappa shape index (κ2) is 6.68. The molecule has 0 saturated carbocycles. The number of aromatic nitrogens is 1. The molecule has 102 valence electrons. The van der Waals surface area contributed by atoms with Crippen LogP contribution in [0.3, 0.4) is 0 Å². The minimum Gasteiger partial charge on any atom is -0.496 e. The van der Waals surface area contributed by atoms with E-state index in [0.717, 1.165) is 16.3 Å². The largest absolute Gasteiger partial charge is 0.496 e. The van der Waals surface area contributed by atoms with Gasteiger partial charge in [0.15, 0.2) is 0 Å². The number of aliphatic carboxylic acids is 1. The first kappa shape index (κ1) is 15.7. The standard InChI is InChI=1S/C13H13NO3S.BrH/c1-8-14-11(7-18-8)9-3-4-12(17-2)10(5-9)6-13(15)16;/h3-5,7H,6H2,1-2H3,(H,15,16);1H. The fourth-order valence-electron chi connectivity index (χ4n) is 1.73. The summed E-state index contributed by atoms with van der Waals surface area (Å²) in [4.78, 5) is 15.2. The molecule has 4 nitrogen and oxygen atoms in total. The topological polar surface area (TPSA) is 59.4 Å². The van der Waals surface area contributed by atoms with Crippen LogP contribution in [0.1, 0.15) is 10.6 Å². The summed E-state index contributed by atoms with van der Waals surface area (Å²) in [6.45, 7) is 1.94. The van der Waals surface area contributed by atoms with Crippen LogP contribution >= 0.6 is 28.3 Å². The third kappa shape index (κ3) is 3.78. The number of methoxy groups -OCH3 is 1. The molecule has 1 heterocycles. The Morgan fingerprint density at radius 1 is 1.47 bits per heavy atom. The molecule has 6 heteroatoms. The molecule has 0 unspecified atom stereocenters. The van der Waals surface area contributed by atoms with Crippen molar-refractivity contribution in [3.8, 4) is 17.0 Å². The first-order chi connectivity index (χ1) is 8.60. The molecule has 1 N–H and O–H groups in total. The summed E-state index contributed by atoms with van der Waals surface area (Å²) in [6, 6.07) is 5.49. The number of nitrogens with zero attached hydrogens (tertiary/aromatic N) is 1. The van der Waals surface area contributed by atoms with Crippen LogP contribution in [0, 0.1) is 6.92 Å². The Hall–Kier alpha value is -1.40.